The summed E-state index contributed by atoms with van der Waals surface area (Å²) in [7, 11) is 0. The fraction of sp³-hybridized carbons (Fsp3) is 0.500. The second kappa shape index (κ2) is 7.21. The van der Waals surface area contributed by atoms with Crippen LogP contribution in [0.2, 0.25) is 0 Å². The Morgan fingerprint density at radius 3 is 2.96 bits per heavy atom. The summed E-state index contributed by atoms with van der Waals surface area (Å²) in [5.41, 5.74) is -0.723. The van der Waals surface area contributed by atoms with E-state index in [0.717, 1.165) is 25.0 Å². The van der Waals surface area contributed by atoms with Crippen molar-refractivity contribution in [2.75, 3.05) is 11.1 Å². The van der Waals surface area contributed by atoms with Crippen molar-refractivity contribution >= 4 is 28.9 Å². The molecule has 8 heteroatoms. The number of hydrogen-bond donors (Lipinski definition) is 1. The van der Waals surface area contributed by atoms with E-state index in [2.05, 4.69) is 17.2 Å². The molecule has 24 heavy (non-hydrogen) atoms. The second-order valence-electron chi connectivity index (χ2n) is 5.83. The zero-order chi connectivity index (χ0) is 17.1. The molecule has 128 valence electrons. The number of nitrogens with zero attached hydrogens (tertiary/aromatic N) is 3. The molecule has 3 rings (SSSR count). The SMILES string of the molecule is CCS[C@H]1CCCC[C@H]1Nc1nc2ccccn2c(=O)c1[N+](=O)[O-]. The smallest absolute Gasteiger partial charge is 0.360 e. The van der Waals surface area contributed by atoms with Crippen LogP contribution in [0.5, 0.6) is 0 Å². The van der Waals surface area contributed by atoms with Crippen molar-refractivity contribution in [3.63, 3.8) is 0 Å². The maximum absolute atomic E-state index is 12.5. The molecule has 0 amide bonds. The molecule has 0 radical (unpaired) electrons. The van der Waals surface area contributed by atoms with Crippen molar-refractivity contribution in [2.45, 2.75) is 43.9 Å². The lowest BCUT2D eigenvalue weighted by atomic mass is 9.95. The predicted octanol–water partition coefficient (Wildman–Crippen LogP) is 3.08. The molecule has 2 aromatic rings. The third-order valence-electron chi connectivity index (χ3n) is 4.30. The molecule has 1 aliphatic rings. The molecule has 1 saturated carbocycles. The highest BCUT2D eigenvalue weighted by molar-refractivity contribution is 7.99. The fourth-order valence-corrected chi connectivity index (χ4v) is 4.39. The topological polar surface area (TPSA) is 89.5 Å². The zero-order valence-corrected chi connectivity index (χ0v) is 14.3. The third kappa shape index (κ3) is 3.24. The first kappa shape index (κ1) is 16.8. The summed E-state index contributed by atoms with van der Waals surface area (Å²) in [6.07, 6.45) is 5.77. The predicted molar refractivity (Wildman–Crippen MR) is 95.9 cm³/mol. The monoisotopic (exact) mass is 348 g/mol. The van der Waals surface area contributed by atoms with Crippen molar-refractivity contribution in [3.05, 3.63) is 44.9 Å². The molecule has 0 saturated heterocycles. The molecule has 0 aromatic carbocycles. The van der Waals surface area contributed by atoms with Crippen molar-refractivity contribution in [2.24, 2.45) is 0 Å². The largest absolute Gasteiger partial charge is 0.376 e. The van der Waals surface area contributed by atoms with Gasteiger partial charge in [-0.25, -0.2) is 4.98 Å². The molecule has 2 aromatic heterocycles. The standard InChI is InChI=1S/C16H20N4O3S/c1-2-24-12-8-4-3-7-11(12)17-15-14(20(22)23)16(21)19-10-6-5-9-13(19)18-15/h5-6,9-12,17H,2-4,7-8H2,1H3/t11-,12+/m1/s1. The summed E-state index contributed by atoms with van der Waals surface area (Å²) in [6.45, 7) is 2.11. The highest BCUT2D eigenvalue weighted by Gasteiger charge is 2.30. The van der Waals surface area contributed by atoms with Crippen LogP contribution in [0.25, 0.3) is 5.65 Å². The van der Waals surface area contributed by atoms with Crippen LogP contribution >= 0.6 is 11.8 Å². The van der Waals surface area contributed by atoms with Gasteiger partial charge in [0.15, 0.2) is 0 Å². The first-order chi connectivity index (χ1) is 11.6. The summed E-state index contributed by atoms with van der Waals surface area (Å²) in [5, 5.41) is 15.0. The van der Waals surface area contributed by atoms with Crippen molar-refractivity contribution < 1.29 is 4.92 Å². The molecule has 2 heterocycles. The van der Waals surface area contributed by atoms with Crippen LogP contribution in [-0.4, -0.2) is 31.4 Å². The number of hydrogen-bond acceptors (Lipinski definition) is 6. The minimum absolute atomic E-state index is 0.0878. The summed E-state index contributed by atoms with van der Waals surface area (Å²) < 4.78 is 1.21. The number of nitrogens with one attached hydrogen (secondary N) is 1. The Kier molecular flexibility index (Phi) is 5.03. The minimum atomic E-state index is -0.649. The number of anilines is 1. The van der Waals surface area contributed by atoms with Crippen LogP contribution in [-0.2, 0) is 0 Å². The van der Waals surface area contributed by atoms with Gasteiger partial charge in [-0.05, 0) is 30.7 Å². The number of aromatic nitrogens is 2. The van der Waals surface area contributed by atoms with Crippen LogP contribution in [0, 0.1) is 10.1 Å². The van der Waals surface area contributed by atoms with Crippen LogP contribution in [0.3, 0.4) is 0 Å². The summed E-state index contributed by atoms with van der Waals surface area (Å²) in [5.74, 6) is 1.09. The molecule has 1 N–H and O–H groups in total. The summed E-state index contributed by atoms with van der Waals surface area (Å²) >= 11 is 1.86. The van der Waals surface area contributed by atoms with E-state index >= 15 is 0 Å². The number of pyridine rings is 1. The van der Waals surface area contributed by atoms with Gasteiger partial charge in [-0.1, -0.05) is 25.8 Å². The van der Waals surface area contributed by atoms with Gasteiger partial charge < -0.3 is 5.32 Å². The first-order valence-corrected chi connectivity index (χ1v) is 9.20. The van der Waals surface area contributed by atoms with E-state index < -0.39 is 16.2 Å². The van der Waals surface area contributed by atoms with Gasteiger partial charge in [-0.15, -0.1) is 0 Å². The Labute approximate surface area is 143 Å². The van der Waals surface area contributed by atoms with Crippen molar-refractivity contribution in [1.29, 1.82) is 0 Å². The average molecular weight is 348 g/mol. The molecule has 0 unspecified atom stereocenters. The normalized spacial score (nSPS) is 20.9. The Hall–Kier alpha value is -2.09. The lowest BCUT2D eigenvalue weighted by molar-refractivity contribution is -0.385. The first-order valence-electron chi connectivity index (χ1n) is 8.15. The van der Waals surface area contributed by atoms with Gasteiger partial charge >= 0.3 is 11.2 Å². The minimum Gasteiger partial charge on any atom is -0.360 e. The molecule has 2 atom stereocenters. The van der Waals surface area contributed by atoms with Gasteiger partial charge in [-0.2, -0.15) is 11.8 Å². The highest BCUT2D eigenvalue weighted by atomic mass is 32.2. The Morgan fingerprint density at radius 2 is 2.21 bits per heavy atom. The maximum Gasteiger partial charge on any atom is 0.376 e. The lowest BCUT2D eigenvalue weighted by Gasteiger charge is -2.31. The van der Waals surface area contributed by atoms with E-state index in [0.29, 0.717) is 10.9 Å². The van der Waals surface area contributed by atoms with Gasteiger partial charge in [0.05, 0.1) is 4.92 Å². The van der Waals surface area contributed by atoms with Crippen LogP contribution in [0.1, 0.15) is 32.6 Å². The number of nitro groups is 1. The van der Waals surface area contributed by atoms with Crippen LogP contribution in [0.4, 0.5) is 11.5 Å². The molecule has 7 nitrogen and oxygen atoms in total. The lowest BCUT2D eigenvalue weighted by Crippen LogP contribution is -2.36. The number of fused-ring (bicyclic) bond motifs is 1. The Bertz CT molecular complexity index is 805. The Balaban J connectivity index is 2.03. The van der Waals surface area contributed by atoms with Gasteiger partial charge in [0.1, 0.15) is 5.65 Å². The van der Waals surface area contributed by atoms with Crippen molar-refractivity contribution in [1.82, 2.24) is 9.38 Å². The van der Waals surface area contributed by atoms with E-state index in [4.69, 9.17) is 0 Å². The molecular formula is C16H20N4O3S. The molecule has 0 spiro atoms. The van der Waals surface area contributed by atoms with Gasteiger partial charge in [0.2, 0.25) is 5.82 Å². The van der Waals surface area contributed by atoms with Gasteiger partial charge in [-0.3, -0.25) is 19.3 Å². The van der Waals surface area contributed by atoms with E-state index in [1.807, 2.05) is 11.8 Å². The zero-order valence-electron chi connectivity index (χ0n) is 13.5. The second-order valence-corrected chi connectivity index (χ2v) is 7.35. The van der Waals surface area contributed by atoms with Gasteiger partial charge in [0.25, 0.3) is 0 Å². The van der Waals surface area contributed by atoms with Crippen molar-refractivity contribution in [3.8, 4) is 0 Å². The quantitative estimate of drug-likeness (QED) is 0.660. The number of thioether (sulfide) groups is 1. The van der Waals surface area contributed by atoms with Crippen LogP contribution in [0.15, 0.2) is 29.2 Å². The maximum atomic E-state index is 12.5. The molecule has 1 aliphatic carbocycles. The average Bonchev–Trinajstić information content (AvgIpc) is 2.57. The summed E-state index contributed by atoms with van der Waals surface area (Å²) in [6, 6.07) is 5.19. The Morgan fingerprint density at radius 1 is 1.42 bits per heavy atom. The van der Waals surface area contributed by atoms with E-state index in [9.17, 15) is 14.9 Å². The third-order valence-corrected chi connectivity index (χ3v) is 5.62. The molecule has 1 fully saturated rings. The van der Waals surface area contributed by atoms with E-state index in [1.165, 1.54) is 17.0 Å². The fourth-order valence-electron chi connectivity index (χ4n) is 3.20. The highest BCUT2D eigenvalue weighted by Crippen LogP contribution is 2.32. The van der Waals surface area contributed by atoms with Crippen LogP contribution < -0.4 is 10.9 Å². The molecule has 0 aliphatic heterocycles. The molecule has 0 bridgehead atoms. The van der Waals surface area contributed by atoms with Gasteiger partial charge in [0, 0.05) is 17.5 Å². The van der Waals surface area contributed by atoms with E-state index in [1.54, 1.807) is 18.2 Å². The molecular weight excluding hydrogens is 328 g/mol. The summed E-state index contributed by atoms with van der Waals surface area (Å²) in [4.78, 5) is 27.6. The van der Waals surface area contributed by atoms with E-state index in [-0.39, 0.29) is 11.9 Å². The number of rotatable bonds is 5.